The molecule has 2 nitrogen and oxygen atoms in total. The lowest BCUT2D eigenvalue weighted by molar-refractivity contribution is -0.110. The van der Waals surface area contributed by atoms with Gasteiger partial charge in [-0.2, -0.15) is 0 Å². The number of carbonyl (C=O) groups excluding carboxylic acids is 1. The molecule has 0 saturated heterocycles. The van der Waals surface area contributed by atoms with Crippen LogP contribution in [0.25, 0.3) is 5.57 Å². The zero-order valence-corrected chi connectivity index (χ0v) is 10.2. The fraction of sp³-hybridized carbons (Fsp3) is 0.400. The Labute approximate surface area is 103 Å². The maximum absolute atomic E-state index is 10.9. The summed E-state index contributed by atoms with van der Waals surface area (Å²) in [6.07, 6.45) is 5.22. The van der Waals surface area contributed by atoms with Gasteiger partial charge in [-0.3, -0.25) is 0 Å². The number of hydrogen-bond donors (Lipinski definition) is 1. The largest absolute Gasteiger partial charge is 0.326 e. The Hall–Kier alpha value is -1.41. The van der Waals surface area contributed by atoms with Gasteiger partial charge in [0.1, 0.15) is 6.29 Å². The lowest BCUT2D eigenvalue weighted by Crippen LogP contribution is -2.12. The predicted octanol–water partition coefficient (Wildman–Crippen LogP) is 2.77. The molecule has 2 atom stereocenters. The van der Waals surface area contributed by atoms with Gasteiger partial charge in [-0.15, -0.1) is 0 Å². The van der Waals surface area contributed by atoms with E-state index in [9.17, 15) is 4.79 Å². The maximum Gasteiger partial charge on any atom is 0.126 e. The van der Waals surface area contributed by atoms with Crippen molar-refractivity contribution in [2.45, 2.75) is 26.3 Å². The summed E-state index contributed by atoms with van der Waals surface area (Å²) in [4.78, 5) is 10.9. The molecule has 0 saturated carbocycles. The summed E-state index contributed by atoms with van der Waals surface area (Å²) in [5, 5.41) is 0. The van der Waals surface area contributed by atoms with Gasteiger partial charge in [0, 0.05) is 12.5 Å². The SMILES string of the molecule is CC1CC(c2ccc(CN)cc2)=CC(C=O)C1. The van der Waals surface area contributed by atoms with Crippen molar-refractivity contribution >= 4 is 11.9 Å². The van der Waals surface area contributed by atoms with E-state index in [1.165, 1.54) is 11.1 Å². The topological polar surface area (TPSA) is 43.1 Å². The van der Waals surface area contributed by atoms with Crippen LogP contribution in [-0.4, -0.2) is 6.29 Å². The summed E-state index contributed by atoms with van der Waals surface area (Å²) in [5.41, 5.74) is 9.25. The average Bonchev–Trinajstić information content (AvgIpc) is 2.38. The van der Waals surface area contributed by atoms with Crippen molar-refractivity contribution in [1.29, 1.82) is 0 Å². The highest BCUT2D eigenvalue weighted by Crippen LogP contribution is 2.32. The van der Waals surface area contributed by atoms with Crippen LogP contribution in [0.5, 0.6) is 0 Å². The number of allylic oxidation sites excluding steroid dienone is 2. The van der Waals surface area contributed by atoms with E-state index >= 15 is 0 Å². The van der Waals surface area contributed by atoms with Crippen molar-refractivity contribution in [2.75, 3.05) is 0 Å². The second-order valence-electron chi connectivity index (χ2n) is 4.94. The predicted molar refractivity (Wildman–Crippen MR) is 70.3 cm³/mol. The molecule has 0 fully saturated rings. The molecular weight excluding hydrogens is 210 g/mol. The maximum atomic E-state index is 10.9. The van der Waals surface area contributed by atoms with E-state index in [2.05, 4.69) is 37.3 Å². The zero-order valence-electron chi connectivity index (χ0n) is 10.2. The molecule has 90 valence electrons. The van der Waals surface area contributed by atoms with Crippen LogP contribution in [0.2, 0.25) is 0 Å². The summed E-state index contributed by atoms with van der Waals surface area (Å²) in [5.74, 6) is 0.669. The van der Waals surface area contributed by atoms with Crippen LogP contribution in [0, 0.1) is 11.8 Å². The van der Waals surface area contributed by atoms with E-state index in [4.69, 9.17) is 5.73 Å². The molecule has 0 bridgehead atoms. The molecule has 1 aromatic carbocycles. The third kappa shape index (κ3) is 2.83. The first-order valence-corrected chi connectivity index (χ1v) is 6.18. The highest BCUT2D eigenvalue weighted by molar-refractivity contribution is 5.71. The average molecular weight is 229 g/mol. The van der Waals surface area contributed by atoms with Crippen molar-refractivity contribution in [3.63, 3.8) is 0 Å². The Morgan fingerprint density at radius 3 is 2.65 bits per heavy atom. The highest BCUT2D eigenvalue weighted by atomic mass is 16.1. The van der Waals surface area contributed by atoms with Crippen molar-refractivity contribution in [3.05, 3.63) is 41.5 Å². The van der Waals surface area contributed by atoms with Crippen LogP contribution in [0.3, 0.4) is 0 Å². The summed E-state index contributed by atoms with van der Waals surface area (Å²) in [6, 6.07) is 8.33. The van der Waals surface area contributed by atoms with Crippen molar-refractivity contribution in [2.24, 2.45) is 17.6 Å². The molecule has 0 heterocycles. The van der Waals surface area contributed by atoms with Crippen LogP contribution in [0.4, 0.5) is 0 Å². The molecule has 0 spiro atoms. The third-order valence-corrected chi connectivity index (χ3v) is 3.39. The first-order chi connectivity index (χ1) is 8.22. The number of rotatable bonds is 3. The number of benzene rings is 1. The van der Waals surface area contributed by atoms with Gasteiger partial charge in [-0.25, -0.2) is 0 Å². The Bertz CT molecular complexity index is 419. The van der Waals surface area contributed by atoms with Crippen LogP contribution in [0.15, 0.2) is 30.3 Å². The smallest absolute Gasteiger partial charge is 0.126 e. The molecule has 1 aromatic rings. The van der Waals surface area contributed by atoms with Crippen molar-refractivity contribution < 1.29 is 4.79 Å². The Morgan fingerprint density at radius 1 is 1.35 bits per heavy atom. The summed E-state index contributed by atoms with van der Waals surface area (Å²) < 4.78 is 0. The Morgan fingerprint density at radius 2 is 2.06 bits per heavy atom. The lowest BCUT2D eigenvalue weighted by atomic mass is 9.81. The van der Waals surface area contributed by atoms with Gasteiger partial charge < -0.3 is 10.5 Å². The van der Waals surface area contributed by atoms with Gasteiger partial charge in [0.2, 0.25) is 0 Å². The number of nitrogens with two attached hydrogens (primary N) is 1. The van der Waals surface area contributed by atoms with E-state index in [1.807, 2.05) is 0 Å². The number of aldehydes is 1. The molecule has 2 unspecified atom stereocenters. The monoisotopic (exact) mass is 229 g/mol. The minimum atomic E-state index is 0.0861. The molecule has 2 rings (SSSR count). The summed E-state index contributed by atoms with van der Waals surface area (Å²) in [6.45, 7) is 2.78. The van der Waals surface area contributed by atoms with E-state index in [0.717, 1.165) is 24.7 Å². The van der Waals surface area contributed by atoms with Gasteiger partial charge >= 0.3 is 0 Å². The molecule has 0 aromatic heterocycles. The second kappa shape index (κ2) is 5.28. The summed E-state index contributed by atoms with van der Waals surface area (Å²) >= 11 is 0. The van der Waals surface area contributed by atoms with Gasteiger partial charge in [0.05, 0.1) is 0 Å². The zero-order chi connectivity index (χ0) is 12.3. The Kier molecular flexibility index (Phi) is 3.75. The molecule has 0 aliphatic heterocycles. The molecular formula is C15H19NO. The minimum absolute atomic E-state index is 0.0861. The number of carbonyl (C=O) groups is 1. The van der Waals surface area contributed by atoms with Crippen LogP contribution in [0.1, 0.15) is 30.9 Å². The normalized spacial score (nSPS) is 24.2. The Balaban J connectivity index is 2.25. The molecule has 17 heavy (non-hydrogen) atoms. The van der Waals surface area contributed by atoms with E-state index in [-0.39, 0.29) is 5.92 Å². The van der Waals surface area contributed by atoms with E-state index < -0.39 is 0 Å². The standard InChI is InChI=1S/C15H19NO/c1-11-6-13(10-17)8-15(7-11)14-4-2-12(9-16)3-5-14/h2-5,8,10-11,13H,6-7,9,16H2,1H3. The van der Waals surface area contributed by atoms with Gasteiger partial charge in [0.15, 0.2) is 0 Å². The fourth-order valence-corrected chi connectivity index (χ4v) is 2.48. The van der Waals surface area contributed by atoms with Gasteiger partial charge in [-0.1, -0.05) is 37.3 Å². The van der Waals surface area contributed by atoms with Gasteiger partial charge in [0.25, 0.3) is 0 Å². The first-order valence-electron chi connectivity index (χ1n) is 6.18. The second-order valence-corrected chi connectivity index (χ2v) is 4.94. The molecule has 1 aliphatic carbocycles. The van der Waals surface area contributed by atoms with E-state index in [0.29, 0.717) is 12.5 Å². The molecule has 2 N–H and O–H groups in total. The number of hydrogen-bond acceptors (Lipinski definition) is 2. The molecule has 0 amide bonds. The van der Waals surface area contributed by atoms with Crippen molar-refractivity contribution in [1.82, 2.24) is 0 Å². The first kappa shape index (κ1) is 12.1. The highest BCUT2D eigenvalue weighted by Gasteiger charge is 2.19. The molecule has 1 aliphatic rings. The minimum Gasteiger partial charge on any atom is -0.326 e. The fourth-order valence-electron chi connectivity index (χ4n) is 2.48. The van der Waals surface area contributed by atoms with E-state index in [1.54, 1.807) is 0 Å². The van der Waals surface area contributed by atoms with Crippen LogP contribution in [-0.2, 0) is 11.3 Å². The molecule has 0 radical (unpaired) electrons. The third-order valence-electron chi connectivity index (χ3n) is 3.39. The lowest BCUT2D eigenvalue weighted by Gasteiger charge is -2.23. The summed E-state index contributed by atoms with van der Waals surface area (Å²) in [7, 11) is 0. The van der Waals surface area contributed by atoms with Gasteiger partial charge in [-0.05, 0) is 35.5 Å². The van der Waals surface area contributed by atoms with Crippen LogP contribution < -0.4 is 5.73 Å². The quantitative estimate of drug-likeness (QED) is 0.810. The van der Waals surface area contributed by atoms with Crippen LogP contribution >= 0.6 is 0 Å². The van der Waals surface area contributed by atoms with Crippen molar-refractivity contribution in [3.8, 4) is 0 Å². The molecule has 2 heteroatoms.